The van der Waals surface area contributed by atoms with Gasteiger partial charge in [-0.25, -0.2) is 22.8 Å². The van der Waals surface area contributed by atoms with Crippen molar-refractivity contribution in [2.45, 2.75) is 42.2 Å². The fraction of sp³-hybridized carbons (Fsp3) is 0.333. The maximum absolute atomic E-state index is 15.0. The number of hydrogen-bond donors (Lipinski definition) is 1. The zero-order chi connectivity index (χ0) is 26.0. The lowest BCUT2D eigenvalue weighted by molar-refractivity contribution is 0.0544. The molecule has 192 valence electrons. The predicted molar refractivity (Wildman–Crippen MR) is 139 cm³/mol. The maximum Gasteiger partial charge on any atom is 0.266 e. The van der Waals surface area contributed by atoms with E-state index in [1.807, 2.05) is 26.2 Å². The number of benzene rings is 2. The van der Waals surface area contributed by atoms with Gasteiger partial charge >= 0.3 is 0 Å². The summed E-state index contributed by atoms with van der Waals surface area (Å²) in [7, 11) is -0.362. The standard InChI is InChI=1S/C24H24Cl3FN4O3S/c1-32(2)20-10-15(14-3-5-16(25)17(26)9-14)4-6-21(20)35-22-12-19(28)23(11-18(22)27)36(33,34)31-24-7-8-29-13-30-24/h3,5,7-9,11-13,15,20-21H,4,6,10H2,1-2H3,(H,29,30,31)/t15-,20-,21-/m0/s1. The van der Waals surface area contributed by atoms with Crippen LogP contribution >= 0.6 is 34.8 Å². The van der Waals surface area contributed by atoms with Gasteiger partial charge in [0, 0.05) is 18.3 Å². The Bertz CT molecular complexity index is 1350. The minimum absolute atomic E-state index is 0.000159. The smallest absolute Gasteiger partial charge is 0.266 e. The predicted octanol–water partition coefficient (Wildman–Crippen LogP) is 6.02. The topological polar surface area (TPSA) is 84.4 Å². The van der Waals surface area contributed by atoms with Crippen LogP contribution in [0.15, 0.2) is 53.8 Å². The molecule has 0 radical (unpaired) electrons. The van der Waals surface area contributed by atoms with Crippen molar-refractivity contribution in [1.82, 2.24) is 14.9 Å². The van der Waals surface area contributed by atoms with Crippen molar-refractivity contribution >= 4 is 50.6 Å². The third kappa shape index (κ3) is 6.03. The summed E-state index contributed by atoms with van der Waals surface area (Å²) < 4.78 is 48.7. The number of hydrogen-bond acceptors (Lipinski definition) is 6. The van der Waals surface area contributed by atoms with Crippen LogP contribution in [-0.2, 0) is 10.0 Å². The molecule has 0 saturated heterocycles. The number of rotatable bonds is 7. The van der Waals surface area contributed by atoms with E-state index in [0.29, 0.717) is 16.5 Å². The summed E-state index contributed by atoms with van der Waals surface area (Å²) in [5.74, 6) is -0.644. The van der Waals surface area contributed by atoms with E-state index >= 15 is 0 Å². The average Bonchev–Trinajstić information content (AvgIpc) is 2.83. The molecule has 1 aliphatic carbocycles. The van der Waals surface area contributed by atoms with E-state index < -0.39 is 20.7 Å². The van der Waals surface area contributed by atoms with Gasteiger partial charge in [-0.15, -0.1) is 0 Å². The first-order valence-corrected chi connectivity index (χ1v) is 13.7. The SMILES string of the molecule is CN(C)[C@H]1C[C@@H](c2ccc(Cl)c(Cl)c2)CC[C@@H]1Oc1cc(F)c(S(=O)(=O)Nc2ccncn2)cc1Cl. The van der Waals surface area contributed by atoms with Crippen LogP contribution in [-0.4, -0.2) is 49.5 Å². The molecule has 0 amide bonds. The Balaban J connectivity index is 1.53. The van der Waals surface area contributed by atoms with E-state index in [2.05, 4.69) is 19.6 Å². The highest BCUT2D eigenvalue weighted by atomic mass is 35.5. The van der Waals surface area contributed by atoms with Crippen LogP contribution in [0.5, 0.6) is 5.75 Å². The largest absolute Gasteiger partial charge is 0.487 e. The quantitative estimate of drug-likeness (QED) is 0.372. The molecular weight excluding hydrogens is 550 g/mol. The average molecular weight is 574 g/mol. The van der Waals surface area contributed by atoms with Crippen molar-refractivity contribution in [2.24, 2.45) is 0 Å². The Morgan fingerprint density at radius 3 is 2.50 bits per heavy atom. The van der Waals surface area contributed by atoms with Crippen LogP contribution in [0.1, 0.15) is 30.7 Å². The molecule has 3 atom stereocenters. The number of nitrogens with one attached hydrogen (secondary N) is 1. The Morgan fingerprint density at radius 2 is 1.83 bits per heavy atom. The summed E-state index contributed by atoms with van der Waals surface area (Å²) >= 11 is 18.7. The zero-order valence-corrected chi connectivity index (χ0v) is 22.5. The third-order valence-electron chi connectivity index (χ3n) is 6.21. The molecule has 1 heterocycles. The molecule has 1 aromatic heterocycles. The number of ether oxygens (including phenoxy) is 1. The number of nitrogens with zero attached hydrogens (tertiary/aromatic N) is 3. The van der Waals surface area contributed by atoms with Crippen LogP contribution in [0, 0.1) is 5.82 Å². The van der Waals surface area contributed by atoms with Gasteiger partial charge in [0.1, 0.15) is 34.7 Å². The normalized spacial score (nSPS) is 20.4. The summed E-state index contributed by atoms with van der Waals surface area (Å²) in [6.07, 6.45) is 4.55. The van der Waals surface area contributed by atoms with Crippen molar-refractivity contribution in [1.29, 1.82) is 0 Å². The van der Waals surface area contributed by atoms with Gasteiger partial charge in [-0.05, 0) is 69.1 Å². The molecule has 7 nitrogen and oxygen atoms in total. The second kappa shape index (κ2) is 11.1. The van der Waals surface area contributed by atoms with E-state index in [4.69, 9.17) is 39.5 Å². The molecule has 36 heavy (non-hydrogen) atoms. The van der Waals surface area contributed by atoms with Crippen molar-refractivity contribution in [3.63, 3.8) is 0 Å². The zero-order valence-electron chi connectivity index (χ0n) is 19.5. The number of sulfonamides is 1. The monoisotopic (exact) mass is 572 g/mol. The lowest BCUT2D eigenvalue weighted by Gasteiger charge is -2.40. The first-order chi connectivity index (χ1) is 17.0. The highest BCUT2D eigenvalue weighted by Gasteiger charge is 2.35. The van der Waals surface area contributed by atoms with Crippen molar-refractivity contribution in [3.8, 4) is 5.75 Å². The first-order valence-electron chi connectivity index (χ1n) is 11.1. The second-order valence-electron chi connectivity index (χ2n) is 8.78. The summed E-state index contributed by atoms with van der Waals surface area (Å²) in [6.45, 7) is 0. The molecule has 0 spiro atoms. The molecule has 0 aliphatic heterocycles. The van der Waals surface area contributed by atoms with Crippen LogP contribution in [0.3, 0.4) is 0 Å². The summed E-state index contributed by atoms with van der Waals surface area (Å²) in [6, 6.07) is 9.07. The van der Waals surface area contributed by atoms with Crippen LogP contribution in [0.4, 0.5) is 10.2 Å². The fourth-order valence-corrected chi connectivity index (χ4v) is 6.06. The van der Waals surface area contributed by atoms with E-state index in [1.165, 1.54) is 18.6 Å². The first kappa shape index (κ1) is 26.9. The molecule has 0 bridgehead atoms. The van der Waals surface area contributed by atoms with Crippen molar-refractivity contribution in [2.75, 3.05) is 18.8 Å². The maximum atomic E-state index is 15.0. The van der Waals surface area contributed by atoms with Gasteiger partial charge in [0.05, 0.1) is 15.1 Å². The van der Waals surface area contributed by atoms with E-state index in [-0.39, 0.29) is 34.7 Å². The molecule has 4 rings (SSSR count). The molecule has 0 unspecified atom stereocenters. The number of likely N-dealkylation sites (N-methyl/N-ethyl adjacent to an activating group) is 1. The molecule has 1 aliphatic rings. The Labute approximate surface area is 224 Å². The van der Waals surface area contributed by atoms with E-state index in [1.54, 1.807) is 6.07 Å². The van der Waals surface area contributed by atoms with Gasteiger partial charge in [0.25, 0.3) is 10.0 Å². The van der Waals surface area contributed by atoms with Gasteiger partial charge in [0.15, 0.2) is 0 Å². The highest BCUT2D eigenvalue weighted by molar-refractivity contribution is 7.92. The molecule has 1 saturated carbocycles. The molecule has 2 aromatic carbocycles. The molecule has 1 N–H and O–H groups in total. The van der Waals surface area contributed by atoms with Gasteiger partial charge in [-0.2, -0.15) is 0 Å². The molecule has 3 aromatic rings. The Kier molecular flexibility index (Phi) is 8.26. The van der Waals surface area contributed by atoms with Gasteiger partial charge in [-0.3, -0.25) is 4.72 Å². The van der Waals surface area contributed by atoms with Gasteiger partial charge < -0.3 is 9.64 Å². The van der Waals surface area contributed by atoms with Crippen molar-refractivity contribution in [3.05, 3.63) is 75.4 Å². The van der Waals surface area contributed by atoms with E-state index in [9.17, 15) is 12.8 Å². The summed E-state index contributed by atoms with van der Waals surface area (Å²) in [5.41, 5.74) is 1.10. The van der Waals surface area contributed by atoms with Crippen LogP contribution in [0.2, 0.25) is 15.1 Å². The number of aromatic nitrogens is 2. The summed E-state index contributed by atoms with van der Waals surface area (Å²) in [5, 5.41) is 1.01. The fourth-order valence-electron chi connectivity index (χ4n) is 4.38. The Morgan fingerprint density at radius 1 is 1.06 bits per heavy atom. The lowest BCUT2D eigenvalue weighted by atomic mass is 9.79. The van der Waals surface area contributed by atoms with E-state index in [0.717, 1.165) is 30.5 Å². The summed E-state index contributed by atoms with van der Waals surface area (Å²) in [4.78, 5) is 8.97. The minimum Gasteiger partial charge on any atom is -0.487 e. The third-order valence-corrected chi connectivity index (χ3v) is 8.61. The number of halogens is 4. The number of anilines is 1. The van der Waals surface area contributed by atoms with Crippen LogP contribution in [0.25, 0.3) is 0 Å². The van der Waals surface area contributed by atoms with Gasteiger partial charge in [-0.1, -0.05) is 40.9 Å². The molecule has 12 heteroatoms. The van der Waals surface area contributed by atoms with Crippen LogP contribution < -0.4 is 9.46 Å². The molecular formula is C24H24Cl3FN4O3S. The molecule has 1 fully saturated rings. The van der Waals surface area contributed by atoms with Crippen molar-refractivity contribution < 1.29 is 17.5 Å². The Hall–Kier alpha value is -2.17. The highest BCUT2D eigenvalue weighted by Crippen LogP contribution is 2.40. The lowest BCUT2D eigenvalue weighted by Crippen LogP contribution is -2.46. The second-order valence-corrected chi connectivity index (χ2v) is 11.7. The van der Waals surface area contributed by atoms with Gasteiger partial charge in [0.2, 0.25) is 0 Å². The minimum atomic E-state index is -4.27.